The molecule has 0 unspecified atom stereocenters. The van der Waals surface area contributed by atoms with E-state index in [1.807, 2.05) is 24.3 Å². The average Bonchev–Trinajstić information content (AvgIpc) is 2.45. The minimum atomic E-state index is 0. The predicted octanol–water partition coefficient (Wildman–Crippen LogP) is 2.29. The molecule has 0 radical (unpaired) electrons. The van der Waals surface area contributed by atoms with Crippen LogP contribution in [0.15, 0.2) is 24.3 Å². The molecule has 1 rings (SSSR count). The smallest absolute Gasteiger partial charge is 0.220 e. The van der Waals surface area contributed by atoms with Crippen molar-refractivity contribution >= 4 is 18.3 Å². The summed E-state index contributed by atoms with van der Waals surface area (Å²) in [5.74, 6) is 0.955. The van der Waals surface area contributed by atoms with Crippen LogP contribution in [-0.4, -0.2) is 26.1 Å². The Bertz CT molecular complexity index is 369. The highest BCUT2D eigenvalue weighted by atomic mass is 35.5. The molecule has 20 heavy (non-hydrogen) atoms. The number of benzene rings is 1. The van der Waals surface area contributed by atoms with Gasteiger partial charge >= 0.3 is 0 Å². The summed E-state index contributed by atoms with van der Waals surface area (Å²) in [6.07, 6.45) is 4.49. The van der Waals surface area contributed by atoms with Gasteiger partial charge in [0.25, 0.3) is 0 Å². The van der Waals surface area contributed by atoms with E-state index >= 15 is 0 Å². The number of carbonyl (C=O) groups excluding carboxylic acids is 1. The van der Waals surface area contributed by atoms with Crippen molar-refractivity contribution in [1.82, 2.24) is 5.32 Å². The molecule has 1 aromatic carbocycles. The maximum Gasteiger partial charge on any atom is 0.220 e. The van der Waals surface area contributed by atoms with E-state index in [1.165, 1.54) is 0 Å². The van der Waals surface area contributed by atoms with Crippen molar-refractivity contribution in [3.63, 3.8) is 0 Å². The van der Waals surface area contributed by atoms with Crippen LogP contribution in [0.25, 0.3) is 0 Å². The van der Waals surface area contributed by atoms with Crippen LogP contribution in [0.3, 0.4) is 0 Å². The molecule has 0 fully saturated rings. The lowest BCUT2D eigenvalue weighted by atomic mass is 10.1. The molecule has 0 bridgehead atoms. The monoisotopic (exact) mass is 300 g/mol. The van der Waals surface area contributed by atoms with E-state index in [1.54, 1.807) is 7.05 Å². The van der Waals surface area contributed by atoms with Crippen molar-refractivity contribution in [2.45, 2.75) is 32.1 Å². The molecule has 3 N–H and O–H groups in total. The second kappa shape index (κ2) is 11.6. The fourth-order valence-electron chi connectivity index (χ4n) is 1.75. The van der Waals surface area contributed by atoms with E-state index in [0.29, 0.717) is 6.42 Å². The molecule has 0 aliphatic rings. The Labute approximate surface area is 127 Å². The fraction of sp³-hybridized carbons (Fsp3) is 0.533. The van der Waals surface area contributed by atoms with Crippen LogP contribution >= 0.6 is 12.4 Å². The van der Waals surface area contributed by atoms with Gasteiger partial charge in [0.05, 0.1) is 6.61 Å². The van der Waals surface area contributed by atoms with Gasteiger partial charge in [-0.05, 0) is 49.9 Å². The first kappa shape index (κ1) is 18.7. The van der Waals surface area contributed by atoms with E-state index in [2.05, 4.69) is 5.32 Å². The third kappa shape index (κ3) is 8.02. The van der Waals surface area contributed by atoms with Gasteiger partial charge in [-0.3, -0.25) is 4.79 Å². The van der Waals surface area contributed by atoms with E-state index in [-0.39, 0.29) is 18.3 Å². The number of amides is 1. The highest BCUT2D eigenvalue weighted by Crippen LogP contribution is 2.14. The van der Waals surface area contributed by atoms with E-state index in [0.717, 1.165) is 50.1 Å². The van der Waals surface area contributed by atoms with E-state index in [4.69, 9.17) is 10.5 Å². The van der Waals surface area contributed by atoms with Gasteiger partial charge in [0, 0.05) is 13.5 Å². The molecule has 0 aliphatic carbocycles. The summed E-state index contributed by atoms with van der Waals surface area (Å²) >= 11 is 0. The molecule has 5 heteroatoms. The molecule has 0 saturated carbocycles. The molecule has 4 nitrogen and oxygen atoms in total. The highest BCUT2D eigenvalue weighted by molar-refractivity contribution is 5.85. The Morgan fingerprint density at radius 1 is 1.20 bits per heavy atom. The Hall–Kier alpha value is -1.26. The maximum absolute atomic E-state index is 11.1. The van der Waals surface area contributed by atoms with Gasteiger partial charge in [0.2, 0.25) is 5.91 Å². The molecule has 1 aromatic rings. The topological polar surface area (TPSA) is 64.3 Å². The number of unbranched alkanes of at least 4 members (excludes halogenated alkanes) is 2. The van der Waals surface area contributed by atoms with Gasteiger partial charge in [0.15, 0.2) is 0 Å². The Morgan fingerprint density at radius 2 is 1.90 bits per heavy atom. The maximum atomic E-state index is 11.1. The van der Waals surface area contributed by atoms with Crippen molar-refractivity contribution in [3.8, 4) is 5.75 Å². The molecule has 0 saturated heterocycles. The second-order valence-electron chi connectivity index (χ2n) is 4.51. The molecule has 1 amide bonds. The summed E-state index contributed by atoms with van der Waals surface area (Å²) in [5, 5.41) is 2.62. The lowest BCUT2D eigenvalue weighted by molar-refractivity contribution is -0.120. The van der Waals surface area contributed by atoms with Crippen LogP contribution in [0.4, 0.5) is 0 Å². The molecular weight excluding hydrogens is 276 g/mol. The van der Waals surface area contributed by atoms with Crippen LogP contribution in [0.5, 0.6) is 5.75 Å². The first-order chi connectivity index (χ1) is 9.26. The van der Waals surface area contributed by atoms with Gasteiger partial charge in [-0.25, -0.2) is 0 Å². The zero-order valence-corrected chi connectivity index (χ0v) is 12.9. The number of carbonyl (C=O) groups is 1. The molecule has 0 aromatic heterocycles. The Morgan fingerprint density at radius 3 is 2.50 bits per heavy atom. The SMILES string of the molecule is CNC(=O)CCc1ccc(OCCCCCN)cc1.Cl. The van der Waals surface area contributed by atoms with Crippen LogP contribution < -0.4 is 15.8 Å². The molecular formula is C15H25ClN2O2. The zero-order valence-electron chi connectivity index (χ0n) is 12.1. The Balaban J connectivity index is 0.00000361. The number of nitrogens with one attached hydrogen (secondary N) is 1. The lowest BCUT2D eigenvalue weighted by Crippen LogP contribution is -2.17. The van der Waals surface area contributed by atoms with E-state index < -0.39 is 0 Å². The van der Waals surface area contributed by atoms with Crippen molar-refractivity contribution in [1.29, 1.82) is 0 Å². The third-order valence-electron chi connectivity index (χ3n) is 2.96. The number of hydrogen-bond donors (Lipinski definition) is 2. The number of halogens is 1. The minimum Gasteiger partial charge on any atom is -0.494 e. The first-order valence-electron chi connectivity index (χ1n) is 6.88. The summed E-state index contributed by atoms with van der Waals surface area (Å²) in [6, 6.07) is 7.94. The van der Waals surface area contributed by atoms with Gasteiger partial charge < -0.3 is 15.8 Å². The number of hydrogen-bond acceptors (Lipinski definition) is 3. The van der Waals surface area contributed by atoms with Gasteiger partial charge in [-0.2, -0.15) is 0 Å². The van der Waals surface area contributed by atoms with E-state index in [9.17, 15) is 4.79 Å². The van der Waals surface area contributed by atoms with Crippen LogP contribution in [0.2, 0.25) is 0 Å². The average molecular weight is 301 g/mol. The van der Waals surface area contributed by atoms with Gasteiger partial charge in [-0.1, -0.05) is 12.1 Å². The van der Waals surface area contributed by atoms with Crippen LogP contribution in [-0.2, 0) is 11.2 Å². The van der Waals surface area contributed by atoms with Crippen molar-refractivity contribution in [2.75, 3.05) is 20.2 Å². The lowest BCUT2D eigenvalue weighted by Gasteiger charge is -2.07. The van der Waals surface area contributed by atoms with Crippen molar-refractivity contribution in [2.24, 2.45) is 5.73 Å². The van der Waals surface area contributed by atoms with Crippen LogP contribution in [0, 0.1) is 0 Å². The third-order valence-corrected chi connectivity index (χ3v) is 2.96. The van der Waals surface area contributed by atoms with Crippen molar-refractivity contribution < 1.29 is 9.53 Å². The molecule has 114 valence electrons. The predicted molar refractivity (Wildman–Crippen MR) is 84.5 cm³/mol. The van der Waals surface area contributed by atoms with Crippen LogP contribution in [0.1, 0.15) is 31.2 Å². The summed E-state index contributed by atoms with van der Waals surface area (Å²) in [7, 11) is 1.66. The summed E-state index contributed by atoms with van der Waals surface area (Å²) in [5.41, 5.74) is 6.58. The minimum absolute atomic E-state index is 0. The number of nitrogens with two attached hydrogens (primary N) is 1. The molecule has 0 spiro atoms. The summed E-state index contributed by atoms with van der Waals surface area (Å²) in [4.78, 5) is 11.1. The number of rotatable bonds is 9. The van der Waals surface area contributed by atoms with Gasteiger partial charge in [-0.15, -0.1) is 12.4 Å². The molecule has 0 atom stereocenters. The quantitative estimate of drug-likeness (QED) is 0.688. The van der Waals surface area contributed by atoms with Crippen molar-refractivity contribution in [3.05, 3.63) is 29.8 Å². The largest absolute Gasteiger partial charge is 0.494 e. The standard InChI is InChI=1S/C15H24N2O2.ClH/c1-17-15(18)10-7-13-5-8-14(9-6-13)19-12-4-2-3-11-16;/h5-6,8-9H,2-4,7,10-12,16H2,1H3,(H,17,18);1H. The fourth-order valence-corrected chi connectivity index (χ4v) is 1.75. The Kier molecular flexibility index (Phi) is 10.8. The second-order valence-corrected chi connectivity index (χ2v) is 4.51. The number of aryl methyl sites for hydroxylation is 1. The highest BCUT2D eigenvalue weighted by Gasteiger charge is 2.00. The normalized spacial score (nSPS) is 9.70. The first-order valence-corrected chi connectivity index (χ1v) is 6.88. The number of ether oxygens (including phenoxy) is 1. The summed E-state index contributed by atoms with van der Waals surface area (Å²) in [6.45, 7) is 1.48. The zero-order chi connectivity index (χ0) is 13.9. The van der Waals surface area contributed by atoms with Gasteiger partial charge in [0.1, 0.15) is 5.75 Å². The molecule has 0 aliphatic heterocycles. The molecule has 0 heterocycles. The summed E-state index contributed by atoms with van der Waals surface area (Å²) < 4.78 is 5.63.